The van der Waals surface area contributed by atoms with E-state index in [1.54, 1.807) is 6.07 Å². The Balaban J connectivity index is 1.75. The zero-order valence-electron chi connectivity index (χ0n) is 14.4. The first-order valence-electron chi connectivity index (χ1n) is 8.46. The Morgan fingerprint density at radius 2 is 1.96 bits per heavy atom. The molecule has 24 heavy (non-hydrogen) atoms. The molecule has 0 saturated carbocycles. The lowest BCUT2D eigenvalue weighted by atomic mass is 10.0. The lowest BCUT2D eigenvalue weighted by molar-refractivity contribution is 0.161. The van der Waals surface area contributed by atoms with E-state index < -0.39 is 0 Å². The van der Waals surface area contributed by atoms with Crippen molar-refractivity contribution in [3.05, 3.63) is 69.3 Å². The Hall–Kier alpha value is -2.33. The van der Waals surface area contributed by atoms with Gasteiger partial charge < -0.3 is 8.98 Å². The van der Waals surface area contributed by atoms with Crippen LogP contribution in [-0.4, -0.2) is 16.0 Å². The minimum Gasteiger partial charge on any atom is -0.423 e. The van der Waals surface area contributed by atoms with E-state index >= 15 is 0 Å². The number of fused-ring (bicyclic) bond motifs is 2. The fraction of sp³-hybridized carbons (Fsp3) is 0.350. The average molecular weight is 322 g/mol. The number of aromatic nitrogens is 1. The van der Waals surface area contributed by atoms with Gasteiger partial charge in [-0.3, -0.25) is 4.90 Å². The molecule has 0 N–H and O–H groups in total. The summed E-state index contributed by atoms with van der Waals surface area (Å²) < 4.78 is 7.73. The predicted molar refractivity (Wildman–Crippen MR) is 95.2 cm³/mol. The van der Waals surface area contributed by atoms with Crippen molar-refractivity contribution in [2.45, 2.75) is 39.9 Å². The zero-order valence-corrected chi connectivity index (χ0v) is 14.4. The average Bonchev–Trinajstić information content (AvgIpc) is 3.01. The Morgan fingerprint density at radius 1 is 1.17 bits per heavy atom. The Labute approximate surface area is 141 Å². The van der Waals surface area contributed by atoms with Crippen LogP contribution >= 0.6 is 0 Å². The van der Waals surface area contributed by atoms with Crippen molar-refractivity contribution in [1.29, 1.82) is 0 Å². The van der Waals surface area contributed by atoms with Crippen LogP contribution < -0.4 is 5.63 Å². The molecule has 1 atom stereocenters. The number of rotatable bonds is 2. The quantitative estimate of drug-likeness (QED) is 0.674. The molecule has 3 aromatic rings. The standard InChI is InChI=1S/C20H22N2O2/c1-13-9-17-16(11-20(23)24-19(17)10-14(13)2)12-22-8-7-21-6-4-5-18(21)15(22)3/h4-6,9-11,15H,7-8,12H2,1-3H3. The lowest BCUT2D eigenvalue weighted by Gasteiger charge is -2.35. The fourth-order valence-electron chi connectivity index (χ4n) is 3.68. The Kier molecular flexibility index (Phi) is 3.57. The van der Waals surface area contributed by atoms with Crippen molar-refractivity contribution in [2.75, 3.05) is 6.54 Å². The summed E-state index contributed by atoms with van der Waals surface area (Å²) >= 11 is 0. The van der Waals surface area contributed by atoms with Gasteiger partial charge in [0.05, 0.1) is 0 Å². The predicted octanol–water partition coefficient (Wildman–Crippen LogP) is 3.79. The first-order chi connectivity index (χ1) is 11.5. The van der Waals surface area contributed by atoms with E-state index in [0.29, 0.717) is 11.6 Å². The lowest BCUT2D eigenvalue weighted by Crippen LogP contribution is -2.36. The molecule has 0 amide bonds. The minimum atomic E-state index is -0.270. The molecular formula is C20H22N2O2. The summed E-state index contributed by atoms with van der Waals surface area (Å²) in [7, 11) is 0. The van der Waals surface area contributed by atoms with E-state index in [1.165, 1.54) is 11.3 Å². The molecule has 0 aliphatic carbocycles. The summed E-state index contributed by atoms with van der Waals surface area (Å²) in [6, 6.07) is 10.4. The summed E-state index contributed by atoms with van der Waals surface area (Å²) in [6.45, 7) is 9.10. The monoisotopic (exact) mass is 322 g/mol. The zero-order chi connectivity index (χ0) is 16.8. The van der Waals surface area contributed by atoms with E-state index in [1.807, 2.05) is 13.0 Å². The van der Waals surface area contributed by atoms with E-state index in [4.69, 9.17) is 4.42 Å². The third-order valence-corrected chi connectivity index (χ3v) is 5.29. The number of hydrogen-bond acceptors (Lipinski definition) is 3. The van der Waals surface area contributed by atoms with E-state index in [9.17, 15) is 4.79 Å². The second kappa shape index (κ2) is 5.64. The third-order valence-electron chi connectivity index (χ3n) is 5.29. The molecule has 124 valence electrons. The van der Waals surface area contributed by atoms with Gasteiger partial charge in [-0.05, 0) is 61.7 Å². The van der Waals surface area contributed by atoms with Crippen LogP contribution in [0, 0.1) is 13.8 Å². The van der Waals surface area contributed by atoms with Gasteiger partial charge in [0.2, 0.25) is 0 Å². The van der Waals surface area contributed by atoms with Gasteiger partial charge >= 0.3 is 5.63 Å². The van der Waals surface area contributed by atoms with Gasteiger partial charge in [-0.25, -0.2) is 4.79 Å². The molecule has 1 aliphatic rings. The molecule has 1 aliphatic heterocycles. The van der Waals surface area contributed by atoms with E-state index in [0.717, 1.165) is 36.1 Å². The van der Waals surface area contributed by atoms with Crippen LogP contribution in [0.5, 0.6) is 0 Å². The molecular weight excluding hydrogens is 300 g/mol. The normalized spacial score (nSPS) is 18.0. The molecule has 0 fully saturated rings. The van der Waals surface area contributed by atoms with Crippen LogP contribution in [-0.2, 0) is 13.1 Å². The topological polar surface area (TPSA) is 38.4 Å². The summed E-state index contributed by atoms with van der Waals surface area (Å²) in [6.07, 6.45) is 2.14. The Bertz CT molecular complexity index is 967. The van der Waals surface area contributed by atoms with Crippen LogP contribution in [0.4, 0.5) is 0 Å². The summed E-state index contributed by atoms with van der Waals surface area (Å²) in [5.41, 5.74) is 5.17. The van der Waals surface area contributed by atoms with Crippen LogP contribution in [0.3, 0.4) is 0 Å². The summed E-state index contributed by atoms with van der Waals surface area (Å²) in [4.78, 5) is 14.4. The molecule has 0 saturated heterocycles. The molecule has 3 heterocycles. The third kappa shape index (κ3) is 2.47. The van der Waals surface area contributed by atoms with Crippen LogP contribution in [0.2, 0.25) is 0 Å². The van der Waals surface area contributed by atoms with Crippen molar-refractivity contribution in [3.63, 3.8) is 0 Å². The van der Waals surface area contributed by atoms with Gasteiger partial charge in [0.15, 0.2) is 0 Å². The first kappa shape index (κ1) is 15.2. The van der Waals surface area contributed by atoms with E-state index in [-0.39, 0.29) is 5.63 Å². The molecule has 1 aromatic carbocycles. The van der Waals surface area contributed by atoms with Crippen molar-refractivity contribution in [3.8, 4) is 0 Å². The molecule has 4 nitrogen and oxygen atoms in total. The highest BCUT2D eigenvalue weighted by atomic mass is 16.4. The largest absolute Gasteiger partial charge is 0.423 e. The second-order valence-corrected chi connectivity index (χ2v) is 6.80. The number of benzene rings is 1. The molecule has 0 radical (unpaired) electrons. The molecule has 4 heteroatoms. The summed E-state index contributed by atoms with van der Waals surface area (Å²) in [5, 5.41) is 1.05. The van der Waals surface area contributed by atoms with Gasteiger partial charge in [0.1, 0.15) is 5.58 Å². The van der Waals surface area contributed by atoms with Crippen LogP contribution in [0.25, 0.3) is 11.0 Å². The fourth-order valence-corrected chi connectivity index (χ4v) is 3.68. The van der Waals surface area contributed by atoms with Crippen molar-refractivity contribution >= 4 is 11.0 Å². The maximum absolute atomic E-state index is 12.0. The number of nitrogens with zero attached hydrogens (tertiary/aromatic N) is 2. The van der Waals surface area contributed by atoms with Crippen LogP contribution in [0.15, 0.2) is 45.7 Å². The van der Waals surface area contributed by atoms with Gasteiger partial charge in [-0.15, -0.1) is 0 Å². The summed E-state index contributed by atoms with van der Waals surface area (Å²) in [5.74, 6) is 0. The highest BCUT2D eigenvalue weighted by Crippen LogP contribution is 2.29. The van der Waals surface area contributed by atoms with Crippen molar-refractivity contribution in [1.82, 2.24) is 9.47 Å². The maximum Gasteiger partial charge on any atom is 0.336 e. The van der Waals surface area contributed by atoms with Crippen molar-refractivity contribution in [2.24, 2.45) is 0 Å². The molecule has 0 bridgehead atoms. The molecule has 1 unspecified atom stereocenters. The van der Waals surface area contributed by atoms with Crippen molar-refractivity contribution < 1.29 is 4.42 Å². The number of hydrogen-bond donors (Lipinski definition) is 0. The maximum atomic E-state index is 12.0. The highest BCUT2D eigenvalue weighted by molar-refractivity contribution is 5.81. The second-order valence-electron chi connectivity index (χ2n) is 6.80. The van der Waals surface area contributed by atoms with Crippen LogP contribution in [0.1, 0.15) is 35.3 Å². The first-order valence-corrected chi connectivity index (χ1v) is 8.46. The molecule has 0 spiro atoms. The SMILES string of the molecule is Cc1cc2oc(=O)cc(CN3CCn4cccc4C3C)c2cc1C. The smallest absolute Gasteiger partial charge is 0.336 e. The van der Waals surface area contributed by atoms with E-state index in [2.05, 4.69) is 47.7 Å². The highest BCUT2D eigenvalue weighted by Gasteiger charge is 2.24. The molecule has 2 aromatic heterocycles. The molecule has 4 rings (SSSR count). The number of aryl methyl sites for hydroxylation is 2. The van der Waals surface area contributed by atoms with Gasteiger partial charge in [0.25, 0.3) is 0 Å². The van der Waals surface area contributed by atoms with Gasteiger partial charge in [-0.1, -0.05) is 0 Å². The van der Waals surface area contributed by atoms with Gasteiger partial charge in [-0.2, -0.15) is 0 Å². The van der Waals surface area contributed by atoms with Gasteiger partial charge in [0, 0.05) is 49.0 Å². The Morgan fingerprint density at radius 3 is 2.79 bits per heavy atom. The minimum absolute atomic E-state index is 0.270.